The first-order valence-corrected chi connectivity index (χ1v) is 8.64. The third kappa shape index (κ3) is 6.63. The Balaban J connectivity index is 1.84. The molecule has 0 saturated heterocycles. The van der Waals surface area contributed by atoms with Gasteiger partial charge in [0.05, 0.1) is 5.60 Å². The van der Waals surface area contributed by atoms with E-state index in [4.69, 9.17) is 0 Å². The molecule has 0 radical (unpaired) electrons. The lowest BCUT2D eigenvalue weighted by Crippen LogP contribution is -2.26. The molecule has 0 spiro atoms. The third-order valence-corrected chi connectivity index (χ3v) is 3.90. The Morgan fingerprint density at radius 2 is 1.68 bits per heavy atom. The number of aromatic nitrogens is 2. The fraction of sp³-hybridized carbons (Fsp3) is 0.450. The quantitative estimate of drug-likeness (QED) is 0.812. The molecular weight excluding hydrogens is 314 g/mol. The summed E-state index contributed by atoms with van der Waals surface area (Å²) >= 11 is 0. The number of hydrogen-bond donors (Lipinski definition) is 2. The summed E-state index contributed by atoms with van der Waals surface area (Å²) in [7, 11) is 0. The van der Waals surface area contributed by atoms with Gasteiger partial charge in [0.1, 0.15) is 5.82 Å². The summed E-state index contributed by atoms with van der Waals surface area (Å²) in [4.78, 5) is 21.0. The van der Waals surface area contributed by atoms with Crippen molar-refractivity contribution in [1.82, 2.24) is 15.3 Å². The number of carbonyl (C=O) groups excluding carboxylic acids is 1. The van der Waals surface area contributed by atoms with Crippen LogP contribution in [0.15, 0.2) is 30.3 Å². The van der Waals surface area contributed by atoms with Crippen molar-refractivity contribution < 1.29 is 9.90 Å². The fourth-order valence-electron chi connectivity index (χ4n) is 2.57. The van der Waals surface area contributed by atoms with Gasteiger partial charge in [0.25, 0.3) is 5.91 Å². The molecule has 2 rings (SSSR count). The molecule has 0 saturated carbocycles. The number of benzene rings is 1. The Morgan fingerprint density at radius 1 is 1.08 bits per heavy atom. The van der Waals surface area contributed by atoms with Crippen LogP contribution in [0.5, 0.6) is 0 Å². The molecule has 0 aliphatic rings. The number of aryl methyl sites for hydroxylation is 3. The number of carbonyl (C=O) groups is 1. The smallest absolute Gasteiger partial charge is 0.251 e. The summed E-state index contributed by atoms with van der Waals surface area (Å²) in [5.41, 5.74) is 2.95. The van der Waals surface area contributed by atoms with Gasteiger partial charge in [0.2, 0.25) is 0 Å². The van der Waals surface area contributed by atoms with Gasteiger partial charge in [-0.05, 0) is 64.3 Å². The topological polar surface area (TPSA) is 75.1 Å². The molecule has 5 nitrogen and oxygen atoms in total. The summed E-state index contributed by atoms with van der Waals surface area (Å²) in [6.45, 7) is 7.98. The summed E-state index contributed by atoms with van der Waals surface area (Å²) in [6, 6.07) is 9.45. The molecule has 0 unspecified atom stereocenters. The van der Waals surface area contributed by atoms with Gasteiger partial charge in [-0.1, -0.05) is 12.1 Å². The molecule has 1 aromatic heterocycles. The normalized spacial score (nSPS) is 11.4. The van der Waals surface area contributed by atoms with Gasteiger partial charge >= 0.3 is 0 Å². The molecule has 0 fully saturated rings. The number of nitrogens with zero attached hydrogens (tertiary/aromatic N) is 2. The van der Waals surface area contributed by atoms with Crippen molar-refractivity contribution in [2.45, 2.75) is 52.6 Å². The van der Waals surface area contributed by atoms with E-state index in [-0.39, 0.29) is 5.91 Å². The predicted molar refractivity (Wildman–Crippen MR) is 98.6 cm³/mol. The number of nitrogens with one attached hydrogen (secondary N) is 1. The minimum Gasteiger partial charge on any atom is -0.390 e. The predicted octanol–water partition coefficient (Wildman–Crippen LogP) is 2.77. The van der Waals surface area contributed by atoms with E-state index in [1.165, 1.54) is 0 Å². The molecule has 25 heavy (non-hydrogen) atoms. The Labute approximate surface area is 149 Å². The SMILES string of the molecule is Cc1cc(C)nc(CCNC(=O)c2ccc(CCC(C)(C)O)cc2)n1. The summed E-state index contributed by atoms with van der Waals surface area (Å²) in [5, 5.41) is 12.7. The highest BCUT2D eigenvalue weighted by Crippen LogP contribution is 2.13. The molecule has 2 N–H and O–H groups in total. The van der Waals surface area contributed by atoms with E-state index in [1.807, 2.05) is 44.2 Å². The van der Waals surface area contributed by atoms with Crippen LogP contribution in [0, 0.1) is 13.8 Å². The van der Waals surface area contributed by atoms with Crippen molar-refractivity contribution in [3.8, 4) is 0 Å². The van der Waals surface area contributed by atoms with Crippen LogP contribution in [-0.2, 0) is 12.8 Å². The van der Waals surface area contributed by atoms with Crippen LogP contribution in [-0.4, -0.2) is 33.1 Å². The monoisotopic (exact) mass is 341 g/mol. The molecule has 1 aromatic carbocycles. The van der Waals surface area contributed by atoms with E-state index >= 15 is 0 Å². The van der Waals surface area contributed by atoms with Crippen molar-refractivity contribution in [2.75, 3.05) is 6.54 Å². The van der Waals surface area contributed by atoms with Crippen molar-refractivity contribution in [3.05, 3.63) is 58.7 Å². The first-order chi connectivity index (χ1) is 11.7. The highest BCUT2D eigenvalue weighted by atomic mass is 16.3. The van der Waals surface area contributed by atoms with Crippen LogP contribution in [0.25, 0.3) is 0 Å². The second kappa shape index (κ2) is 8.21. The fourth-order valence-corrected chi connectivity index (χ4v) is 2.57. The van der Waals surface area contributed by atoms with Crippen LogP contribution in [0.3, 0.4) is 0 Å². The van der Waals surface area contributed by atoms with Crippen molar-refractivity contribution >= 4 is 5.91 Å². The molecule has 134 valence electrons. The lowest BCUT2D eigenvalue weighted by Gasteiger charge is -2.16. The second-order valence-electron chi connectivity index (χ2n) is 7.08. The zero-order valence-electron chi connectivity index (χ0n) is 15.5. The molecule has 0 aliphatic heterocycles. The number of rotatable bonds is 7. The van der Waals surface area contributed by atoms with Crippen LogP contribution in [0.1, 0.15) is 53.4 Å². The minimum absolute atomic E-state index is 0.0987. The maximum absolute atomic E-state index is 12.2. The second-order valence-corrected chi connectivity index (χ2v) is 7.08. The Kier molecular flexibility index (Phi) is 6.26. The van der Waals surface area contributed by atoms with E-state index in [9.17, 15) is 9.90 Å². The van der Waals surface area contributed by atoms with Gasteiger partial charge < -0.3 is 10.4 Å². The van der Waals surface area contributed by atoms with E-state index in [0.29, 0.717) is 24.9 Å². The van der Waals surface area contributed by atoms with Gasteiger partial charge in [-0.2, -0.15) is 0 Å². The Hall–Kier alpha value is -2.27. The lowest BCUT2D eigenvalue weighted by molar-refractivity contribution is 0.0713. The van der Waals surface area contributed by atoms with Gasteiger partial charge in [-0.25, -0.2) is 9.97 Å². The standard InChI is InChI=1S/C20H27N3O2/c1-14-13-15(2)23-18(22-14)10-12-21-19(24)17-7-5-16(6-8-17)9-11-20(3,4)25/h5-8,13,25H,9-12H2,1-4H3,(H,21,24). The van der Waals surface area contributed by atoms with E-state index in [2.05, 4.69) is 15.3 Å². The first kappa shape index (κ1) is 19.1. The zero-order chi connectivity index (χ0) is 18.4. The first-order valence-electron chi connectivity index (χ1n) is 8.64. The molecule has 1 amide bonds. The van der Waals surface area contributed by atoms with Crippen LogP contribution in [0.4, 0.5) is 0 Å². The molecule has 0 aliphatic carbocycles. The van der Waals surface area contributed by atoms with Crippen LogP contribution in [0.2, 0.25) is 0 Å². The van der Waals surface area contributed by atoms with E-state index in [1.54, 1.807) is 13.8 Å². The van der Waals surface area contributed by atoms with E-state index in [0.717, 1.165) is 29.2 Å². The van der Waals surface area contributed by atoms with Gasteiger partial charge in [0.15, 0.2) is 0 Å². The van der Waals surface area contributed by atoms with Crippen molar-refractivity contribution in [3.63, 3.8) is 0 Å². The third-order valence-electron chi connectivity index (χ3n) is 3.90. The van der Waals surface area contributed by atoms with Gasteiger partial charge in [0, 0.05) is 29.9 Å². The Bertz CT molecular complexity index is 698. The molecule has 0 atom stereocenters. The maximum Gasteiger partial charge on any atom is 0.251 e. The lowest BCUT2D eigenvalue weighted by atomic mass is 9.98. The molecule has 5 heteroatoms. The summed E-state index contributed by atoms with van der Waals surface area (Å²) in [5.74, 6) is 0.651. The molecule has 2 aromatic rings. The van der Waals surface area contributed by atoms with Gasteiger partial charge in [-0.15, -0.1) is 0 Å². The highest BCUT2D eigenvalue weighted by Gasteiger charge is 2.12. The van der Waals surface area contributed by atoms with E-state index < -0.39 is 5.60 Å². The average Bonchev–Trinajstić information content (AvgIpc) is 2.52. The summed E-state index contributed by atoms with van der Waals surface area (Å²) in [6.07, 6.45) is 2.09. The zero-order valence-corrected chi connectivity index (χ0v) is 15.5. The van der Waals surface area contributed by atoms with Crippen molar-refractivity contribution in [1.29, 1.82) is 0 Å². The maximum atomic E-state index is 12.2. The number of aliphatic hydroxyl groups is 1. The largest absolute Gasteiger partial charge is 0.390 e. The highest BCUT2D eigenvalue weighted by molar-refractivity contribution is 5.94. The molecule has 0 bridgehead atoms. The average molecular weight is 341 g/mol. The van der Waals surface area contributed by atoms with Crippen molar-refractivity contribution in [2.24, 2.45) is 0 Å². The van der Waals surface area contributed by atoms with Crippen LogP contribution < -0.4 is 5.32 Å². The Morgan fingerprint density at radius 3 is 2.24 bits per heavy atom. The van der Waals surface area contributed by atoms with Gasteiger partial charge in [-0.3, -0.25) is 4.79 Å². The summed E-state index contributed by atoms with van der Waals surface area (Å²) < 4.78 is 0. The number of amides is 1. The van der Waals surface area contributed by atoms with Crippen LogP contribution >= 0.6 is 0 Å². The minimum atomic E-state index is -0.674. The molecular formula is C20H27N3O2. The number of hydrogen-bond acceptors (Lipinski definition) is 4. The molecule has 1 heterocycles.